The predicted molar refractivity (Wildman–Crippen MR) is 58.4 cm³/mol. The molecule has 0 aliphatic carbocycles. The number of nitriles is 2. The van der Waals surface area contributed by atoms with Crippen molar-refractivity contribution in [2.24, 2.45) is 0 Å². The molecule has 0 radical (unpaired) electrons. The summed E-state index contributed by atoms with van der Waals surface area (Å²) < 4.78 is 4.14. The van der Waals surface area contributed by atoms with Gasteiger partial charge in [0.05, 0.1) is 7.11 Å². The summed E-state index contributed by atoms with van der Waals surface area (Å²) in [5, 5.41) is 24.3. The van der Waals surface area contributed by atoms with Gasteiger partial charge in [-0.2, -0.15) is 10.5 Å². The molecular formula is C11H12N2O4. The molecule has 0 aliphatic heterocycles. The third kappa shape index (κ3) is 8.40. The molecule has 0 aliphatic rings. The van der Waals surface area contributed by atoms with Crippen molar-refractivity contribution in [3.05, 3.63) is 23.8 Å². The Labute approximate surface area is 99.0 Å². The highest BCUT2D eigenvalue weighted by molar-refractivity contribution is 5.91. The summed E-state index contributed by atoms with van der Waals surface area (Å²) in [5.74, 6) is -1.83. The number of esters is 1. The highest BCUT2D eigenvalue weighted by Crippen LogP contribution is 1.93. The zero-order chi connectivity index (χ0) is 13.8. The molecule has 17 heavy (non-hydrogen) atoms. The summed E-state index contributed by atoms with van der Waals surface area (Å²) in [6.45, 7) is 4.89. The number of aliphatic carboxylic acids is 1. The van der Waals surface area contributed by atoms with Crippen molar-refractivity contribution < 1.29 is 19.4 Å². The number of rotatable bonds is 3. The molecule has 0 atom stereocenters. The van der Waals surface area contributed by atoms with Crippen molar-refractivity contribution in [3.63, 3.8) is 0 Å². The van der Waals surface area contributed by atoms with Gasteiger partial charge in [0.2, 0.25) is 0 Å². The quantitative estimate of drug-likeness (QED) is 0.447. The summed E-state index contributed by atoms with van der Waals surface area (Å²) in [5.41, 5.74) is -0.356. The second-order valence-electron chi connectivity index (χ2n) is 2.52. The van der Waals surface area contributed by atoms with Crippen LogP contribution in [0, 0.1) is 22.7 Å². The van der Waals surface area contributed by atoms with Crippen LogP contribution in [-0.4, -0.2) is 24.2 Å². The zero-order valence-electron chi connectivity index (χ0n) is 9.56. The monoisotopic (exact) mass is 236 g/mol. The summed E-state index contributed by atoms with van der Waals surface area (Å²) >= 11 is 0. The zero-order valence-corrected chi connectivity index (χ0v) is 9.56. The topological polar surface area (TPSA) is 111 Å². The second-order valence-corrected chi connectivity index (χ2v) is 2.52. The Balaban J connectivity index is 0. The molecule has 0 fully saturated rings. The van der Waals surface area contributed by atoms with Crippen LogP contribution in [0.3, 0.4) is 0 Å². The Morgan fingerprint density at radius 3 is 2.06 bits per heavy atom. The highest BCUT2D eigenvalue weighted by Gasteiger charge is 2.02. The van der Waals surface area contributed by atoms with Gasteiger partial charge in [-0.3, -0.25) is 0 Å². The Morgan fingerprint density at radius 1 is 1.41 bits per heavy atom. The molecular weight excluding hydrogens is 224 g/mol. The SMILES string of the molecule is C=C(C#N)C(=O)OC.CCC=C(C#N)C(=O)O. The maximum absolute atomic E-state index is 10.2. The van der Waals surface area contributed by atoms with Gasteiger partial charge in [0.15, 0.2) is 0 Å². The Morgan fingerprint density at radius 2 is 1.94 bits per heavy atom. The number of nitrogens with zero attached hydrogens (tertiary/aromatic N) is 2. The third-order valence-corrected chi connectivity index (χ3v) is 1.33. The first-order chi connectivity index (χ1) is 7.94. The molecule has 0 spiro atoms. The van der Waals surface area contributed by atoms with E-state index in [0.29, 0.717) is 6.42 Å². The van der Waals surface area contributed by atoms with Crippen LogP contribution in [0.15, 0.2) is 23.8 Å². The van der Waals surface area contributed by atoms with E-state index in [0.717, 1.165) is 0 Å². The van der Waals surface area contributed by atoms with Gasteiger partial charge in [0, 0.05) is 0 Å². The largest absolute Gasteiger partial charge is 0.477 e. The van der Waals surface area contributed by atoms with Gasteiger partial charge in [-0.1, -0.05) is 19.6 Å². The van der Waals surface area contributed by atoms with E-state index in [9.17, 15) is 9.59 Å². The lowest BCUT2D eigenvalue weighted by Crippen LogP contribution is -2.00. The minimum atomic E-state index is -1.15. The van der Waals surface area contributed by atoms with Gasteiger partial charge in [-0.15, -0.1) is 0 Å². The molecule has 0 saturated carbocycles. The average molecular weight is 236 g/mol. The summed E-state index contributed by atoms with van der Waals surface area (Å²) in [6, 6.07) is 3.11. The number of hydrogen-bond acceptors (Lipinski definition) is 5. The van der Waals surface area contributed by atoms with Crippen molar-refractivity contribution in [1.82, 2.24) is 0 Å². The van der Waals surface area contributed by atoms with Crippen LogP contribution >= 0.6 is 0 Å². The average Bonchev–Trinajstić information content (AvgIpc) is 2.34. The molecule has 90 valence electrons. The molecule has 0 aromatic rings. The smallest absolute Gasteiger partial charge is 0.347 e. The minimum Gasteiger partial charge on any atom is -0.477 e. The van der Waals surface area contributed by atoms with Crippen LogP contribution in [0.1, 0.15) is 13.3 Å². The molecule has 6 nitrogen and oxygen atoms in total. The van der Waals surface area contributed by atoms with E-state index in [1.807, 2.05) is 0 Å². The number of ether oxygens (including phenoxy) is 1. The van der Waals surface area contributed by atoms with Crippen LogP contribution in [0.25, 0.3) is 0 Å². The van der Waals surface area contributed by atoms with Crippen LogP contribution in [0.5, 0.6) is 0 Å². The fraction of sp³-hybridized carbons (Fsp3) is 0.273. The number of allylic oxidation sites excluding steroid dienone is 1. The highest BCUT2D eigenvalue weighted by atomic mass is 16.5. The van der Waals surface area contributed by atoms with Gasteiger partial charge in [0.1, 0.15) is 23.3 Å². The number of carboxylic acid groups (broad SMARTS) is 1. The van der Waals surface area contributed by atoms with Gasteiger partial charge in [-0.05, 0) is 6.42 Å². The van der Waals surface area contributed by atoms with Crippen molar-refractivity contribution in [1.29, 1.82) is 10.5 Å². The Hall–Kier alpha value is -2.60. The van der Waals surface area contributed by atoms with E-state index in [4.69, 9.17) is 15.6 Å². The summed E-state index contributed by atoms with van der Waals surface area (Å²) in [7, 11) is 1.20. The molecule has 0 unspecified atom stereocenters. The lowest BCUT2D eigenvalue weighted by molar-refractivity contribution is -0.135. The van der Waals surface area contributed by atoms with E-state index in [1.165, 1.54) is 13.2 Å². The van der Waals surface area contributed by atoms with Crippen LogP contribution < -0.4 is 0 Å². The van der Waals surface area contributed by atoms with Crippen LogP contribution in [-0.2, 0) is 14.3 Å². The van der Waals surface area contributed by atoms with Crippen molar-refractivity contribution in [2.45, 2.75) is 13.3 Å². The first-order valence-electron chi connectivity index (χ1n) is 4.45. The molecule has 0 aromatic carbocycles. The molecule has 0 saturated heterocycles. The third-order valence-electron chi connectivity index (χ3n) is 1.33. The van der Waals surface area contributed by atoms with Gasteiger partial charge < -0.3 is 9.84 Å². The first kappa shape index (κ1) is 16.8. The maximum Gasteiger partial charge on any atom is 0.347 e. The Bertz CT molecular complexity index is 410. The molecule has 0 bridgehead atoms. The van der Waals surface area contributed by atoms with Gasteiger partial charge in [0.25, 0.3) is 0 Å². The molecule has 0 heterocycles. The number of carbonyl (C=O) groups is 2. The number of carboxylic acids is 1. The Kier molecular flexibility index (Phi) is 9.83. The molecule has 0 aromatic heterocycles. The number of methoxy groups -OCH3 is 1. The minimum absolute atomic E-state index is 0.174. The lowest BCUT2D eigenvalue weighted by Gasteiger charge is -1.89. The summed E-state index contributed by atoms with van der Waals surface area (Å²) in [4.78, 5) is 20.2. The molecule has 0 rings (SSSR count). The number of hydrogen-bond donors (Lipinski definition) is 1. The second kappa shape index (κ2) is 9.94. The van der Waals surface area contributed by atoms with E-state index in [-0.39, 0.29) is 11.1 Å². The van der Waals surface area contributed by atoms with E-state index in [2.05, 4.69) is 11.3 Å². The van der Waals surface area contributed by atoms with Crippen molar-refractivity contribution in [2.75, 3.05) is 7.11 Å². The lowest BCUT2D eigenvalue weighted by atomic mass is 10.2. The van der Waals surface area contributed by atoms with Crippen LogP contribution in [0.2, 0.25) is 0 Å². The van der Waals surface area contributed by atoms with Gasteiger partial charge >= 0.3 is 11.9 Å². The van der Waals surface area contributed by atoms with Crippen LogP contribution in [0.4, 0.5) is 0 Å². The fourth-order valence-electron chi connectivity index (χ4n) is 0.554. The number of carbonyl (C=O) groups excluding carboxylic acids is 1. The van der Waals surface area contributed by atoms with Gasteiger partial charge in [-0.25, -0.2) is 9.59 Å². The normalized spacial score (nSPS) is 8.82. The maximum atomic E-state index is 10.2. The molecule has 1 N–H and O–H groups in total. The predicted octanol–water partition coefficient (Wildman–Crippen LogP) is 1.17. The summed E-state index contributed by atoms with van der Waals surface area (Å²) in [6.07, 6.45) is 1.96. The van der Waals surface area contributed by atoms with E-state index in [1.54, 1.807) is 19.1 Å². The molecule has 6 heteroatoms. The first-order valence-corrected chi connectivity index (χ1v) is 4.45. The van der Waals surface area contributed by atoms with E-state index >= 15 is 0 Å². The van der Waals surface area contributed by atoms with Crippen molar-refractivity contribution in [3.8, 4) is 12.1 Å². The molecule has 0 amide bonds. The fourth-order valence-corrected chi connectivity index (χ4v) is 0.554. The van der Waals surface area contributed by atoms with E-state index < -0.39 is 11.9 Å². The van der Waals surface area contributed by atoms with Crippen molar-refractivity contribution >= 4 is 11.9 Å². The standard InChI is InChI=1S/C6H7NO2.C5H5NO2/c1-2-3-5(4-7)6(8)9;1-4(3-6)5(7)8-2/h3H,2H2,1H3,(H,8,9);1H2,2H3.